The minimum Gasteiger partial charge on any atom is -0.360 e. The summed E-state index contributed by atoms with van der Waals surface area (Å²) in [6, 6.07) is 10.4. The van der Waals surface area contributed by atoms with Gasteiger partial charge in [-0.3, -0.25) is 9.78 Å². The fraction of sp³-hybridized carbons (Fsp3) is 0.182. The van der Waals surface area contributed by atoms with Crippen LogP contribution >= 0.6 is 0 Å². The molecule has 1 fully saturated rings. The van der Waals surface area contributed by atoms with Gasteiger partial charge in [0.2, 0.25) is 11.9 Å². The topological polar surface area (TPSA) is 110 Å². The van der Waals surface area contributed by atoms with Crippen molar-refractivity contribution in [3.63, 3.8) is 0 Å². The van der Waals surface area contributed by atoms with E-state index in [0.29, 0.717) is 41.5 Å². The van der Waals surface area contributed by atoms with E-state index in [9.17, 15) is 9.18 Å². The lowest BCUT2D eigenvalue weighted by atomic mass is 10.0. The van der Waals surface area contributed by atoms with Crippen molar-refractivity contribution >= 4 is 17.5 Å². The van der Waals surface area contributed by atoms with E-state index < -0.39 is 5.82 Å². The van der Waals surface area contributed by atoms with Crippen LogP contribution in [0.3, 0.4) is 0 Å². The normalized spacial score (nSPS) is 15.9. The van der Waals surface area contributed by atoms with E-state index in [1.807, 2.05) is 6.07 Å². The van der Waals surface area contributed by atoms with Gasteiger partial charge in [-0.05, 0) is 30.7 Å². The minimum atomic E-state index is -0.504. The Morgan fingerprint density at radius 1 is 1.09 bits per heavy atom. The van der Waals surface area contributed by atoms with Crippen LogP contribution < -0.4 is 5.32 Å². The van der Waals surface area contributed by atoms with Crippen LogP contribution in [0.1, 0.15) is 18.1 Å². The Bertz CT molecular complexity index is 1290. The number of nitrogens with one attached hydrogen (secondary N) is 1. The first-order chi connectivity index (χ1) is 15.6. The molecule has 10 heteroatoms. The summed E-state index contributed by atoms with van der Waals surface area (Å²) in [7, 11) is 1.78. The van der Waals surface area contributed by atoms with Crippen molar-refractivity contribution in [3.05, 3.63) is 66.6 Å². The van der Waals surface area contributed by atoms with Crippen LogP contribution in [0.15, 0.2) is 59.5 Å². The van der Waals surface area contributed by atoms with Gasteiger partial charge in [0.15, 0.2) is 5.82 Å². The Balaban J connectivity index is 1.40. The average molecular weight is 431 g/mol. The molecule has 4 aromatic rings. The summed E-state index contributed by atoms with van der Waals surface area (Å²) in [6.45, 7) is 0.695. The number of hydrogen-bond acceptors (Lipinski definition) is 8. The fourth-order valence-corrected chi connectivity index (χ4v) is 3.54. The zero-order chi connectivity index (χ0) is 22.1. The maximum absolute atomic E-state index is 13.9. The number of carbonyl (C=O) groups excluding carboxylic acids is 1. The molecule has 1 aliphatic heterocycles. The molecule has 9 nitrogen and oxygen atoms in total. The molecule has 0 unspecified atom stereocenters. The van der Waals surface area contributed by atoms with Crippen molar-refractivity contribution in [3.8, 4) is 22.8 Å². The summed E-state index contributed by atoms with van der Waals surface area (Å²) in [6.07, 6.45) is 4.85. The molecule has 0 saturated carbocycles. The smallest absolute Gasteiger partial charge is 0.233 e. The number of pyridine rings is 2. The van der Waals surface area contributed by atoms with Gasteiger partial charge in [0.1, 0.15) is 17.4 Å². The highest BCUT2D eigenvalue weighted by Crippen LogP contribution is 2.31. The van der Waals surface area contributed by atoms with Gasteiger partial charge in [-0.25, -0.2) is 19.3 Å². The Labute approximate surface area is 182 Å². The van der Waals surface area contributed by atoms with Crippen molar-refractivity contribution < 1.29 is 13.7 Å². The summed E-state index contributed by atoms with van der Waals surface area (Å²) in [5.41, 5.74) is 2.49. The van der Waals surface area contributed by atoms with Crippen molar-refractivity contribution in [2.75, 3.05) is 18.9 Å². The molecule has 0 aliphatic carbocycles. The minimum absolute atomic E-state index is 0.0288. The van der Waals surface area contributed by atoms with Crippen LogP contribution in [-0.4, -0.2) is 49.5 Å². The number of carbonyl (C=O) groups is 1. The van der Waals surface area contributed by atoms with E-state index in [1.54, 1.807) is 42.4 Å². The number of amides is 1. The molecule has 1 atom stereocenters. The highest BCUT2D eigenvalue weighted by Gasteiger charge is 2.33. The molecule has 5 rings (SSSR count). The van der Waals surface area contributed by atoms with Crippen LogP contribution in [0.4, 0.5) is 16.0 Å². The highest BCUT2D eigenvalue weighted by molar-refractivity contribution is 5.85. The third-order valence-corrected chi connectivity index (χ3v) is 5.25. The van der Waals surface area contributed by atoms with Crippen molar-refractivity contribution in [1.82, 2.24) is 30.0 Å². The quantitative estimate of drug-likeness (QED) is 0.512. The van der Waals surface area contributed by atoms with Crippen molar-refractivity contribution in [2.24, 2.45) is 0 Å². The second kappa shape index (κ2) is 8.14. The summed E-state index contributed by atoms with van der Waals surface area (Å²) in [5.74, 6) is -0.0215. The number of anilines is 2. The number of rotatable bonds is 5. The van der Waals surface area contributed by atoms with Crippen LogP contribution in [0.2, 0.25) is 0 Å². The zero-order valence-electron chi connectivity index (χ0n) is 17.1. The molecule has 0 bridgehead atoms. The number of likely N-dealkylation sites (tertiary alicyclic amines) is 1. The van der Waals surface area contributed by atoms with Crippen LogP contribution in [0, 0.1) is 5.82 Å². The van der Waals surface area contributed by atoms with Gasteiger partial charge in [0.05, 0.1) is 29.0 Å². The second-order valence-corrected chi connectivity index (χ2v) is 7.37. The molecule has 0 radical (unpaired) electrons. The van der Waals surface area contributed by atoms with E-state index in [0.717, 1.165) is 6.20 Å². The summed E-state index contributed by atoms with van der Waals surface area (Å²) >= 11 is 0. The molecule has 1 N–H and O–H groups in total. The number of aromatic nitrogens is 5. The predicted octanol–water partition coefficient (Wildman–Crippen LogP) is 3.42. The van der Waals surface area contributed by atoms with Crippen LogP contribution in [0.5, 0.6) is 0 Å². The molecule has 0 aromatic carbocycles. The lowest BCUT2D eigenvalue weighted by Gasteiger charge is -2.07. The van der Waals surface area contributed by atoms with E-state index in [4.69, 9.17) is 4.52 Å². The Morgan fingerprint density at radius 3 is 2.69 bits per heavy atom. The molecule has 32 heavy (non-hydrogen) atoms. The maximum atomic E-state index is 13.9. The van der Waals surface area contributed by atoms with Crippen LogP contribution in [-0.2, 0) is 4.79 Å². The molecule has 1 amide bonds. The molecule has 5 heterocycles. The third-order valence-electron chi connectivity index (χ3n) is 5.25. The van der Waals surface area contributed by atoms with Crippen LogP contribution in [0.25, 0.3) is 22.8 Å². The molecule has 0 spiro atoms. The van der Waals surface area contributed by atoms with Gasteiger partial charge in [-0.15, -0.1) is 0 Å². The number of halogens is 1. The zero-order valence-corrected chi connectivity index (χ0v) is 17.1. The predicted molar refractivity (Wildman–Crippen MR) is 113 cm³/mol. The average Bonchev–Trinajstić information content (AvgIpc) is 3.43. The fourth-order valence-electron chi connectivity index (χ4n) is 3.54. The lowest BCUT2D eigenvalue weighted by molar-refractivity contribution is -0.128. The Kier molecular flexibility index (Phi) is 5.02. The standard InChI is InChI=1S/C22H18FN7O2/c1-30-10-7-13(21(30)31)20-11-19(29-32-20)17-4-2-3-16(26-17)18-6-9-25-22(28-18)27-15-5-8-24-12-14(15)23/h2-6,8-9,11-13H,7,10H2,1H3,(H,24,25,27,28)/t13-/m0/s1. The first-order valence-corrected chi connectivity index (χ1v) is 9.97. The molecular weight excluding hydrogens is 413 g/mol. The van der Waals surface area contributed by atoms with Crippen molar-refractivity contribution in [2.45, 2.75) is 12.3 Å². The first-order valence-electron chi connectivity index (χ1n) is 9.97. The first kappa shape index (κ1) is 19.7. The van der Waals surface area contributed by atoms with E-state index in [-0.39, 0.29) is 23.5 Å². The molecule has 1 aliphatic rings. The molecule has 160 valence electrons. The second-order valence-electron chi connectivity index (χ2n) is 7.37. The Morgan fingerprint density at radius 2 is 1.91 bits per heavy atom. The Hall–Kier alpha value is -4.21. The third kappa shape index (κ3) is 3.78. The van der Waals surface area contributed by atoms with E-state index >= 15 is 0 Å². The number of hydrogen-bond donors (Lipinski definition) is 1. The summed E-state index contributed by atoms with van der Waals surface area (Å²) < 4.78 is 19.3. The van der Waals surface area contributed by atoms with Gasteiger partial charge in [0, 0.05) is 32.1 Å². The van der Waals surface area contributed by atoms with Gasteiger partial charge in [-0.1, -0.05) is 11.2 Å². The summed E-state index contributed by atoms with van der Waals surface area (Å²) in [5, 5.41) is 6.95. The van der Waals surface area contributed by atoms with Gasteiger partial charge >= 0.3 is 0 Å². The molecular formula is C22H18FN7O2. The molecule has 4 aromatic heterocycles. The van der Waals surface area contributed by atoms with E-state index in [2.05, 4.69) is 30.4 Å². The van der Waals surface area contributed by atoms with Gasteiger partial charge < -0.3 is 14.7 Å². The maximum Gasteiger partial charge on any atom is 0.233 e. The number of likely N-dealkylation sites (N-methyl/N-ethyl adjacent to an activating group) is 1. The van der Waals surface area contributed by atoms with Gasteiger partial charge in [-0.2, -0.15) is 0 Å². The van der Waals surface area contributed by atoms with E-state index in [1.165, 1.54) is 12.3 Å². The lowest BCUT2D eigenvalue weighted by Crippen LogP contribution is -2.21. The molecule has 1 saturated heterocycles. The highest BCUT2D eigenvalue weighted by atomic mass is 19.1. The SMILES string of the molecule is CN1CC[C@@H](c2cc(-c3cccc(-c4ccnc(Nc5ccncc5F)n4)n3)no2)C1=O. The number of nitrogens with zero attached hydrogens (tertiary/aromatic N) is 6. The van der Waals surface area contributed by atoms with Crippen molar-refractivity contribution in [1.29, 1.82) is 0 Å². The summed E-state index contributed by atoms with van der Waals surface area (Å²) in [4.78, 5) is 30.9. The largest absolute Gasteiger partial charge is 0.360 e. The monoisotopic (exact) mass is 431 g/mol. The van der Waals surface area contributed by atoms with Gasteiger partial charge in [0.25, 0.3) is 0 Å².